The Morgan fingerprint density at radius 3 is 2.28 bits per heavy atom. The lowest BCUT2D eigenvalue weighted by atomic mass is 9.79. The third-order valence-electron chi connectivity index (χ3n) is 3.26. The highest BCUT2D eigenvalue weighted by Crippen LogP contribution is 2.40. The van der Waals surface area contributed by atoms with Crippen molar-refractivity contribution in [3.05, 3.63) is 77.4 Å². The molecule has 1 unspecified atom stereocenters. The zero-order valence-corrected chi connectivity index (χ0v) is 9.64. The number of benzene rings is 2. The number of fused-ring (bicyclic) bond motifs is 1. The summed E-state index contributed by atoms with van der Waals surface area (Å²) in [5.41, 5.74) is -0.508. The summed E-state index contributed by atoms with van der Waals surface area (Å²) in [6.07, 6.45) is 2.98. The topological polar surface area (TPSA) is 17.1 Å². The number of allylic oxidation sites excluding steroid dienone is 1. The lowest BCUT2D eigenvalue weighted by Crippen LogP contribution is -2.33. The van der Waals surface area contributed by atoms with Gasteiger partial charge in [0.05, 0.1) is 0 Å². The summed E-state index contributed by atoms with van der Waals surface area (Å²) in [6.45, 7) is 0. The van der Waals surface area contributed by atoms with E-state index in [1.54, 1.807) is 42.5 Å². The molecule has 1 atom stereocenters. The van der Waals surface area contributed by atoms with Crippen LogP contribution in [0, 0.1) is 0 Å². The van der Waals surface area contributed by atoms with Gasteiger partial charge in [-0.1, -0.05) is 60.7 Å². The molecule has 1 aliphatic carbocycles. The molecule has 0 radical (unpaired) electrons. The number of hydrogen-bond donors (Lipinski definition) is 0. The summed E-state index contributed by atoms with van der Waals surface area (Å²) in [4.78, 5) is 12.0. The first-order valence-electron chi connectivity index (χ1n) is 5.79. The van der Waals surface area contributed by atoms with E-state index in [4.69, 9.17) is 0 Å². The summed E-state index contributed by atoms with van der Waals surface area (Å²) >= 11 is 0. The average Bonchev–Trinajstić information content (AvgIpc) is 2.44. The van der Waals surface area contributed by atoms with E-state index in [1.165, 1.54) is 6.08 Å². The van der Waals surface area contributed by atoms with Crippen LogP contribution in [0.3, 0.4) is 0 Å². The van der Waals surface area contributed by atoms with E-state index in [9.17, 15) is 4.79 Å². The first-order chi connectivity index (χ1) is 8.73. The van der Waals surface area contributed by atoms with Crippen LogP contribution in [0.2, 0.25) is 0 Å². The Kier molecular flexibility index (Phi) is 2.37. The Morgan fingerprint density at radius 1 is 0.833 bits per heavy atom. The number of ketones is 1. The van der Waals surface area contributed by atoms with Gasteiger partial charge in [-0.05, 0) is 11.6 Å². The smallest absolute Gasteiger partial charge is 0.223 e. The van der Waals surface area contributed by atoms with Gasteiger partial charge < -0.3 is 0 Å². The summed E-state index contributed by atoms with van der Waals surface area (Å²) in [5, 5.41) is 0. The van der Waals surface area contributed by atoms with Crippen molar-refractivity contribution in [1.82, 2.24) is 0 Å². The first-order valence-corrected chi connectivity index (χ1v) is 5.79. The molecule has 0 bridgehead atoms. The Morgan fingerprint density at radius 2 is 1.50 bits per heavy atom. The fraction of sp³-hybridized carbons (Fsp3) is 0.0625. The Hall–Kier alpha value is -2.22. The molecule has 18 heavy (non-hydrogen) atoms. The molecule has 0 saturated heterocycles. The van der Waals surface area contributed by atoms with Crippen molar-refractivity contribution < 1.29 is 9.18 Å². The van der Waals surface area contributed by atoms with Crippen molar-refractivity contribution in [2.75, 3.05) is 0 Å². The van der Waals surface area contributed by atoms with Crippen molar-refractivity contribution in [3.8, 4) is 0 Å². The van der Waals surface area contributed by atoms with Crippen molar-refractivity contribution in [2.45, 2.75) is 5.67 Å². The highest BCUT2D eigenvalue weighted by atomic mass is 19.1. The minimum Gasteiger partial charge on any atom is -0.290 e. The second-order valence-corrected chi connectivity index (χ2v) is 4.31. The number of rotatable bonds is 1. The molecular weight excluding hydrogens is 227 g/mol. The number of hydrogen-bond acceptors (Lipinski definition) is 1. The van der Waals surface area contributed by atoms with E-state index in [1.807, 2.05) is 18.2 Å². The molecule has 0 amide bonds. The van der Waals surface area contributed by atoms with Crippen LogP contribution in [0.5, 0.6) is 0 Å². The molecule has 1 nitrogen and oxygen atoms in total. The number of carbonyl (C=O) groups excluding carboxylic acids is 1. The molecule has 0 aromatic heterocycles. The minimum atomic E-state index is -2.06. The van der Waals surface area contributed by atoms with Gasteiger partial charge in [-0.2, -0.15) is 0 Å². The van der Waals surface area contributed by atoms with Gasteiger partial charge in [0.25, 0.3) is 0 Å². The van der Waals surface area contributed by atoms with E-state index in [-0.39, 0.29) is 0 Å². The van der Waals surface area contributed by atoms with Crippen LogP contribution < -0.4 is 0 Å². The van der Waals surface area contributed by atoms with Gasteiger partial charge in [0.2, 0.25) is 11.5 Å². The fourth-order valence-corrected chi connectivity index (χ4v) is 2.33. The van der Waals surface area contributed by atoms with Crippen LogP contribution in [-0.4, -0.2) is 5.78 Å². The highest BCUT2D eigenvalue weighted by molar-refractivity contribution is 6.06. The van der Waals surface area contributed by atoms with Crippen molar-refractivity contribution in [3.63, 3.8) is 0 Å². The Balaban J connectivity index is 2.28. The van der Waals surface area contributed by atoms with Crippen LogP contribution in [-0.2, 0) is 10.5 Å². The second-order valence-electron chi connectivity index (χ2n) is 4.31. The predicted octanol–water partition coefficient (Wildman–Crippen LogP) is 3.50. The molecule has 0 aliphatic heterocycles. The van der Waals surface area contributed by atoms with E-state index < -0.39 is 11.5 Å². The molecule has 0 fully saturated rings. The van der Waals surface area contributed by atoms with Crippen LogP contribution in [0.1, 0.15) is 16.7 Å². The van der Waals surface area contributed by atoms with Gasteiger partial charge in [0.1, 0.15) is 0 Å². The van der Waals surface area contributed by atoms with Gasteiger partial charge in [-0.3, -0.25) is 4.79 Å². The lowest BCUT2D eigenvalue weighted by Gasteiger charge is -2.28. The molecule has 0 heterocycles. The van der Waals surface area contributed by atoms with E-state index in [0.717, 1.165) is 5.56 Å². The largest absolute Gasteiger partial charge is 0.290 e. The van der Waals surface area contributed by atoms with Crippen molar-refractivity contribution in [1.29, 1.82) is 0 Å². The molecule has 3 rings (SSSR count). The normalized spacial score (nSPS) is 21.7. The maximum atomic E-state index is 15.3. The number of halogens is 1. The van der Waals surface area contributed by atoms with Crippen LogP contribution in [0.4, 0.5) is 4.39 Å². The summed E-state index contributed by atoms with van der Waals surface area (Å²) < 4.78 is 15.3. The maximum Gasteiger partial charge on any atom is 0.223 e. The van der Waals surface area contributed by atoms with E-state index in [2.05, 4.69) is 0 Å². The minimum absolute atomic E-state index is 0.381. The quantitative estimate of drug-likeness (QED) is 0.743. The van der Waals surface area contributed by atoms with Crippen molar-refractivity contribution in [2.24, 2.45) is 0 Å². The average molecular weight is 238 g/mol. The molecule has 1 aliphatic rings. The lowest BCUT2D eigenvalue weighted by molar-refractivity contribution is -0.123. The van der Waals surface area contributed by atoms with Gasteiger partial charge in [0.15, 0.2) is 0 Å². The molecule has 2 aromatic rings. The van der Waals surface area contributed by atoms with Gasteiger partial charge in [0, 0.05) is 11.1 Å². The molecule has 2 heteroatoms. The zero-order valence-electron chi connectivity index (χ0n) is 9.64. The summed E-state index contributed by atoms with van der Waals surface area (Å²) in [5.74, 6) is -0.521. The van der Waals surface area contributed by atoms with Crippen LogP contribution >= 0.6 is 0 Å². The van der Waals surface area contributed by atoms with E-state index >= 15 is 4.39 Å². The molecule has 0 saturated carbocycles. The predicted molar refractivity (Wildman–Crippen MR) is 68.8 cm³/mol. The van der Waals surface area contributed by atoms with E-state index in [0.29, 0.717) is 11.1 Å². The Labute approximate surface area is 105 Å². The molecule has 88 valence electrons. The Bertz CT molecular complexity index is 631. The zero-order chi connectivity index (χ0) is 12.6. The summed E-state index contributed by atoms with van der Waals surface area (Å²) in [7, 11) is 0. The van der Waals surface area contributed by atoms with Crippen LogP contribution in [0.15, 0.2) is 60.7 Å². The maximum absolute atomic E-state index is 15.3. The van der Waals surface area contributed by atoms with Gasteiger partial charge >= 0.3 is 0 Å². The van der Waals surface area contributed by atoms with Crippen LogP contribution in [0.25, 0.3) is 6.08 Å². The SMILES string of the molecule is O=C1C=Cc2ccccc2C1(F)c1ccccc1. The number of carbonyl (C=O) groups is 1. The summed E-state index contributed by atoms with van der Waals surface area (Å²) in [6, 6.07) is 15.7. The third kappa shape index (κ3) is 1.42. The highest BCUT2D eigenvalue weighted by Gasteiger charge is 2.43. The van der Waals surface area contributed by atoms with Gasteiger partial charge in [-0.15, -0.1) is 0 Å². The molecule has 2 aromatic carbocycles. The second kappa shape index (κ2) is 3.91. The molecular formula is C16H11FO. The number of alkyl halides is 1. The van der Waals surface area contributed by atoms with Gasteiger partial charge in [-0.25, -0.2) is 4.39 Å². The third-order valence-corrected chi connectivity index (χ3v) is 3.26. The fourth-order valence-electron chi connectivity index (χ4n) is 2.33. The molecule has 0 N–H and O–H groups in total. The standard InChI is InChI=1S/C16H11FO/c17-16(13-7-2-1-3-8-13)14-9-5-4-6-12(14)10-11-15(16)18/h1-11H. The first kappa shape index (κ1) is 10.9. The monoisotopic (exact) mass is 238 g/mol. The van der Waals surface area contributed by atoms with Crippen molar-refractivity contribution >= 4 is 11.9 Å². The molecule has 0 spiro atoms.